The van der Waals surface area contributed by atoms with Gasteiger partial charge < -0.3 is 15.2 Å². The van der Waals surface area contributed by atoms with E-state index in [2.05, 4.69) is 61.0 Å². The molecule has 1 unspecified atom stereocenters. The lowest BCUT2D eigenvalue weighted by molar-refractivity contribution is 0.245. The van der Waals surface area contributed by atoms with Crippen molar-refractivity contribution in [1.29, 1.82) is 0 Å². The summed E-state index contributed by atoms with van der Waals surface area (Å²) in [5.41, 5.74) is 1.35. The van der Waals surface area contributed by atoms with Gasteiger partial charge in [0.2, 0.25) is 5.89 Å². The molecule has 0 bridgehead atoms. The fraction of sp³-hybridized carbons (Fsp3) is 0.526. The Morgan fingerprint density at radius 3 is 2.65 bits per heavy atom. The van der Waals surface area contributed by atoms with Crippen molar-refractivity contribution in [2.24, 2.45) is 4.99 Å². The second-order valence-corrected chi connectivity index (χ2v) is 6.53. The van der Waals surface area contributed by atoms with E-state index in [1.54, 1.807) is 7.05 Å². The number of aromatic nitrogens is 2. The van der Waals surface area contributed by atoms with Crippen LogP contribution in [0.5, 0.6) is 0 Å². The fourth-order valence-electron chi connectivity index (χ4n) is 3.33. The van der Waals surface area contributed by atoms with Gasteiger partial charge in [-0.25, -0.2) is 0 Å². The Balaban J connectivity index is 1.53. The summed E-state index contributed by atoms with van der Waals surface area (Å²) in [6.45, 7) is 5.65. The maximum absolute atomic E-state index is 5.14. The van der Waals surface area contributed by atoms with Crippen molar-refractivity contribution in [2.75, 3.05) is 33.2 Å². The van der Waals surface area contributed by atoms with Gasteiger partial charge in [0.05, 0.1) is 6.04 Å². The molecule has 0 aliphatic carbocycles. The standard InChI is InChI=1S/C19H28N6O/c1-15-23-18(26-24-15)10-11-21-19(20-2)22-14-17(25-12-6-7-13-25)16-8-4-3-5-9-16/h3-5,8-9,17H,6-7,10-14H2,1-2H3,(H2,20,21,22). The molecule has 1 aromatic heterocycles. The molecule has 140 valence electrons. The molecular weight excluding hydrogens is 328 g/mol. The summed E-state index contributed by atoms with van der Waals surface area (Å²) in [4.78, 5) is 11.1. The first-order valence-electron chi connectivity index (χ1n) is 9.29. The quantitative estimate of drug-likeness (QED) is 0.583. The lowest BCUT2D eigenvalue weighted by Crippen LogP contribution is -2.43. The molecule has 7 nitrogen and oxygen atoms in total. The van der Waals surface area contributed by atoms with Crippen LogP contribution in [0.2, 0.25) is 0 Å². The molecule has 1 aliphatic rings. The lowest BCUT2D eigenvalue weighted by atomic mass is 10.1. The highest BCUT2D eigenvalue weighted by molar-refractivity contribution is 5.79. The molecule has 0 amide bonds. The first kappa shape index (κ1) is 18.4. The summed E-state index contributed by atoms with van der Waals surface area (Å²) in [5.74, 6) is 2.10. The van der Waals surface area contributed by atoms with Crippen LogP contribution in [0.1, 0.15) is 36.2 Å². The summed E-state index contributed by atoms with van der Waals surface area (Å²) < 4.78 is 5.14. The van der Waals surface area contributed by atoms with Crippen molar-refractivity contribution in [3.8, 4) is 0 Å². The highest BCUT2D eigenvalue weighted by Crippen LogP contribution is 2.24. The van der Waals surface area contributed by atoms with E-state index in [-0.39, 0.29) is 0 Å². The number of benzene rings is 1. The van der Waals surface area contributed by atoms with E-state index in [4.69, 9.17) is 4.52 Å². The van der Waals surface area contributed by atoms with E-state index in [1.165, 1.54) is 18.4 Å². The average Bonchev–Trinajstić information content (AvgIpc) is 3.33. The Hall–Kier alpha value is -2.41. The zero-order valence-corrected chi connectivity index (χ0v) is 15.6. The molecule has 26 heavy (non-hydrogen) atoms. The van der Waals surface area contributed by atoms with Gasteiger partial charge in [0.15, 0.2) is 11.8 Å². The van der Waals surface area contributed by atoms with Crippen LogP contribution in [0.15, 0.2) is 39.8 Å². The van der Waals surface area contributed by atoms with Gasteiger partial charge in [0.1, 0.15) is 0 Å². The zero-order valence-electron chi connectivity index (χ0n) is 15.6. The summed E-state index contributed by atoms with van der Waals surface area (Å²) in [7, 11) is 1.79. The molecule has 0 radical (unpaired) electrons. The van der Waals surface area contributed by atoms with Crippen molar-refractivity contribution >= 4 is 5.96 Å². The Morgan fingerprint density at radius 2 is 2.00 bits per heavy atom. The normalized spacial score (nSPS) is 16.6. The third kappa shape index (κ3) is 5.05. The maximum Gasteiger partial charge on any atom is 0.228 e. The number of aliphatic imine (C=N–C) groups is 1. The summed E-state index contributed by atoms with van der Waals surface area (Å²) in [6.07, 6.45) is 3.23. The number of likely N-dealkylation sites (tertiary alicyclic amines) is 1. The van der Waals surface area contributed by atoms with Crippen LogP contribution in [0.3, 0.4) is 0 Å². The van der Waals surface area contributed by atoms with Crippen molar-refractivity contribution in [3.05, 3.63) is 47.6 Å². The van der Waals surface area contributed by atoms with E-state index in [9.17, 15) is 0 Å². The van der Waals surface area contributed by atoms with Crippen molar-refractivity contribution in [1.82, 2.24) is 25.7 Å². The fourth-order valence-corrected chi connectivity index (χ4v) is 3.33. The summed E-state index contributed by atoms with van der Waals surface area (Å²) in [5, 5.41) is 10.6. The SMILES string of the molecule is CN=C(NCCc1nc(C)no1)NCC(c1ccccc1)N1CCCC1. The van der Waals surface area contributed by atoms with Crippen molar-refractivity contribution < 1.29 is 4.52 Å². The van der Waals surface area contributed by atoms with Gasteiger partial charge in [-0.2, -0.15) is 4.98 Å². The summed E-state index contributed by atoms with van der Waals surface area (Å²) >= 11 is 0. The van der Waals surface area contributed by atoms with Gasteiger partial charge in [0, 0.05) is 26.6 Å². The molecule has 2 N–H and O–H groups in total. The highest BCUT2D eigenvalue weighted by atomic mass is 16.5. The molecule has 1 atom stereocenters. The van der Waals surface area contributed by atoms with E-state index in [1.807, 2.05) is 6.92 Å². The maximum atomic E-state index is 5.14. The molecule has 1 fully saturated rings. The smallest absolute Gasteiger partial charge is 0.228 e. The number of nitrogens with zero attached hydrogens (tertiary/aromatic N) is 4. The monoisotopic (exact) mass is 356 g/mol. The molecule has 1 aliphatic heterocycles. The van der Waals surface area contributed by atoms with Gasteiger partial charge in [0.25, 0.3) is 0 Å². The zero-order chi connectivity index (χ0) is 18.2. The third-order valence-electron chi connectivity index (χ3n) is 4.65. The van der Waals surface area contributed by atoms with E-state index < -0.39 is 0 Å². The van der Waals surface area contributed by atoms with Gasteiger partial charge in [-0.1, -0.05) is 35.5 Å². The van der Waals surface area contributed by atoms with Crippen molar-refractivity contribution in [3.63, 3.8) is 0 Å². The number of rotatable bonds is 7. The topological polar surface area (TPSA) is 78.6 Å². The summed E-state index contributed by atoms with van der Waals surface area (Å²) in [6, 6.07) is 11.1. The Kier molecular flexibility index (Phi) is 6.60. The van der Waals surface area contributed by atoms with E-state index >= 15 is 0 Å². The van der Waals surface area contributed by atoms with E-state index in [0.29, 0.717) is 30.7 Å². The average molecular weight is 356 g/mol. The van der Waals surface area contributed by atoms with Crippen LogP contribution in [0, 0.1) is 6.92 Å². The number of nitrogens with one attached hydrogen (secondary N) is 2. The predicted octanol–water partition coefficient (Wildman–Crippen LogP) is 1.92. The molecule has 0 spiro atoms. The molecule has 1 aromatic carbocycles. The number of guanidine groups is 1. The van der Waals surface area contributed by atoms with Gasteiger partial charge >= 0.3 is 0 Å². The van der Waals surface area contributed by atoms with Crippen LogP contribution < -0.4 is 10.6 Å². The van der Waals surface area contributed by atoms with Crippen LogP contribution in [-0.4, -0.2) is 54.2 Å². The van der Waals surface area contributed by atoms with E-state index in [0.717, 1.165) is 25.6 Å². The second-order valence-electron chi connectivity index (χ2n) is 6.53. The lowest BCUT2D eigenvalue weighted by Gasteiger charge is -2.28. The Morgan fingerprint density at radius 1 is 1.23 bits per heavy atom. The van der Waals surface area contributed by atoms with Gasteiger partial charge in [-0.15, -0.1) is 0 Å². The molecule has 2 heterocycles. The minimum absolute atomic E-state index is 0.357. The Bertz CT molecular complexity index is 693. The molecule has 7 heteroatoms. The van der Waals surface area contributed by atoms with Crippen LogP contribution in [0.25, 0.3) is 0 Å². The number of hydrogen-bond donors (Lipinski definition) is 2. The van der Waals surface area contributed by atoms with Crippen LogP contribution in [-0.2, 0) is 6.42 Å². The number of hydrogen-bond acceptors (Lipinski definition) is 5. The van der Waals surface area contributed by atoms with Gasteiger partial charge in [-0.05, 0) is 38.4 Å². The molecule has 1 saturated heterocycles. The van der Waals surface area contributed by atoms with Crippen LogP contribution >= 0.6 is 0 Å². The predicted molar refractivity (Wildman–Crippen MR) is 102 cm³/mol. The Labute approximate surface area is 154 Å². The minimum atomic E-state index is 0.357. The highest BCUT2D eigenvalue weighted by Gasteiger charge is 2.23. The van der Waals surface area contributed by atoms with Crippen LogP contribution in [0.4, 0.5) is 0 Å². The number of aryl methyl sites for hydroxylation is 1. The second kappa shape index (κ2) is 9.33. The van der Waals surface area contributed by atoms with Gasteiger partial charge in [-0.3, -0.25) is 9.89 Å². The first-order valence-corrected chi connectivity index (χ1v) is 9.29. The van der Waals surface area contributed by atoms with Crippen molar-refractivity contribution in [2.45, 2.75) is 32.2 Å². The first-order chi connectivity index (χ1) is 12.8. The molecule has 2 aromatic rings. The largest absolute Gasteiger partial charge is 0.356 e. The molecule has 3 rings (SSSR count). The molecular formula is C19H28N6O. The molecule has 0 saturated carbocycles. The third-order valence-corrected chi connectivity index (χ3v) is 4.65. The minimum Gasteiger partial charge on any atom is -0.356 e.